The molecule has 0 saturated carbocycles. The second kappa shape index (κ2) is 17.9. The third-order valence-corrected chi connectivity index (χ3v) is 6.61. The van der Waals surface area contributed by atoms with Gasteiger partial charge < -0.3 is 30.4 Å². The fourth-order valence-electron chi connectivity index (χ4n) is 4.34. The minimum atomic E-state index is -1.38. The second-order valence-electron chi connectivity index (χ2n) is 9.93. The number of aromatic hydroxyl groups is 1. The van der Waals surface area contributed by atoms with E-state index in [-0.39, 0.29) is 38.4 Å². The van der Waals surface area contributed by atoms with Crippen LogP contribution in [0.4, 0.5) is 9.59 Å². The van der Waals surface area contributed by atoms with Crippen LogP contribution in [0.1, 0.15) is 42.9 Å². The molecule has 11 nitrogen and oxygen atoms in total. The summed E-state index contributed by atoms with van der Waals surface area (Å²) in [5.74, 6) is -1.42. The summed E-state index contributed by atoms with van der Waals surface area (Å²) in [4.78, 5) is 54.3. The first kappa shape index (κ1) is 33.6. The van der Waals surface area contributed by atoms with Crippen LogP contribution in [0, 0.1) is 0 Å². The Morgan fingerprint density at radius 3 is 1.82 bits per heavy atom. The minimum absolute atomic E-state index is 0.0390. The number of hydrogen-bond acceptors (Lipinski definition) is 9. The zero-order valence-electron chi connectivity index (χ0n) is 24.7. The lowest BCUT2D eigenvalue weighted by molar-refractivity contribution is -0.147. The SMILES string of the molecule is CCOC(=O)C(Cc1ccc(O)cc1)NC(=O)C(CCCCN)N(C(=O)OCc1ccccc1)C(=O)OCc1ccccc1. The highest BCUT2D eigenvalue weighted by Crippen LogP contribution is 2.17. The molecule has 0 fully saturated rings. The molecule has 2 atom stereocenters. The van der Waals surface area contributed by atoms with E-state index < -0.39 is 36.1 Å². The number of phenols is 1. The van der Waals surface area contributed by atoms with Crippen molar-refractivity contribution in [2.24, 2.45) is 5.73 Å². The second-order valence-corrected chi connectivity index (χ2v) is 9.93. The molecule has 3 amide bonds. The number of nitrogens with one attached hydrogen (secondary N) is 1. The van der Waals surface area contributed by atoms with Crippen molar-refractivity contribution >= 4 is 24.1 Å². The van der Waals surface area contributed by atoms with E-state index in [1.807, 2.05) is 12.1 Å². The summed E-state index contributed by atoms with van der Waals surface area (Å²) in [5, 5.41) is 12.3. The lowest BCUT2D eigenvalue weighted by Crippen LogP contribution is -2.56. The van der Waals surface area contributed by atoms with Crippen LogP contribution in [0.2, 0.25) is 0 Å². The Labute approximate surface area is 256 Å². The molecule has 3 rings (SSSR count). The van der Waals surface area contributed by atoms with E-state index in [4.69, 9.17) is 19.9 Å². The maximum atomic E-state index is 13.9. The van der Waals surface area contributed by atoms with E-state index in [0.717, 1.165) is 0 Å². The number of nitrogens with zero attached hydrogens (tertiary/aromatic N) is 1. The standard InChI is InChI=1S/C33H39N3O8/c1-2-42-31(39)28(21-24-16-18-27(37)19-17-24)35-30(38)29(15-9-10-20-34)36(32(40)43-22-25-11-5-3-6-12-25)33(41)44-23-26-13-7-4-8-14-26/h3-8,11-14,16-19,28-29,37H,2,9-10,15,20-23,34H2,1H3,(H,35,38). The molecule has 3 aromatic rings. The van der Waals surface area contributed by atoms with E-state index >= 15 is 0 Å². The summed E-state index contributed by atoms with van der Waals surface area (Å²) < 4.78 is 16.1. The molecule has 0 bridgehead atoms. The smallest absolute Gasteiger partial charge is 0.420 e. The normalized spacial score (nSPS) is 12.0. The Morgan fingerprint density at radius 1 is 0.773 bits per heavy atom. The summed E-state index contributed by atoms with van der Waals surface area (Å²) in [7, 11) is 0. The van der Waals surface area contributed by atoms with Crippen LogP contribution in [0.15, 0.2) is 84.9 Å². The first-order chi connectivity index (χ1) is 21.3. The number of esters is 1. The molecule has 0 aliphatic rings. The highest BCUT2D eigenvalue weighted by atomic mass is 16.6. The molecular formula is C33H39N3O8. The quantitative estimate of drug-likeness (QED) is 0.129. The summed E-state index contributed by atoms with van der Waals surface area (Å²) in [6, 6.07) is 21.4. The number of ether oxygens (including phenoxy) is 3. The Bertz CT molecular complexity index is 1280. The van der Waals surface area contributed by atoms with E-state index in [1.165, 1.54) is 12.1 Å². The third kappa shape index (κ3) is 10.7. The highest BCUT2D eigenvalue weighted by molar-refractivity contribution is 5.96. The van der Waals surface area contributed by atoms with Gasteiger partial charge in [-0.25, -0.2) is 14.4 Å². The summed E-state index contributed by atoms with van der Waals surface area (Å²) in [6.07, 6.45) is -1.16. The monoisotopic (exact) mass is 605 g/mol. The largest absolute Gasteiger partial charge is 0.508 e. The zero-order chi connectivity index (χ0) is 31.7. The van der Waals surface area contributed by atoms with Gasteiger partial charge in [0.15, 0.2) is 0 Å². The highest BCUT2D eigenvalue weighted by Gasteiger charge is 2.39. The molecule has 0 heterocycles. The Morgan fingerprint density at radius 2 is 1.32 bits per heavy atom. The first-order valence-corrected chi connectivity index (χ1v) is 14.5. The molecule has 2 unspecified atom stereocenters. The number of benzene rings is 3. The maximum Gasteiger partial charge on any atom is 0.420 e. The molecule has 0 radical (unpaired) electrons. The topological polar surface area (TPSA) is 157 Å². The number of carbonyl (C=O) groups is 4. The van der Waals surface area contributed by atoms with E-state index in [0.29, 0.717) is 41.0 Å². The van der Waals surface area contributed by atoms with Crippen molar-refractivity contribution in [2.45, 2.75) is 57.9 Å². The fourth-order valence-corrected chi connectivity index (χ4v) is 4.34. The summed E-state index contributed by atoms with van der Waals surface area (Å²) in [6.45, 7) is 1.75. The Kier molecular flexibility index (Phi) is 13.7. The number of carbonyl (C=O) groups excluding carboxylic acids is 4. The van der Waals surface area contributed by atoms with Crippen molar-refractivity contribution in [3.8, 4) is 5.75 Å². The van der Waals surface area contributed by atoms with Gasteiger partial charge >= 0.3 is 18.2 Å². The van der Waals surface area contributed by atoms with Gasteiger partial charge in [-0.2, -0.15) is 4.90 Å². The molecule has 0 aromatic heterocycles. The van der Waals surface area contributed by atoms with Crippen molar-refractivity contribution in [3.63, 3.8) is 0 Å². The van der Waals surface area contributed by atoms with Gasteiger partial charge in [0, 0.05) is 6.42 Å². The average Bonchev–Trinajstić information content (AvgIpc) is 3.04. The molecular weight excluding hydrogens is 566 g/mol. The minimum Gasteiger partial charge on any atom is -0.508 e. The predicted molar refractivity (Wildman–Crippen MR) is 162 cm³/mol. The lowest BCUT2D eigenvalue weighted by atomic mass is 10.0. The molecule has 234 valence electrons. The van der Waals surface area contributed by atoms with E-state index in [1.54, 1.807) is 67.6 Å². The Balaban J connectivity index is 1.89. The van der Waals surface area contributed by atoms with Gasteiger partial charge in [0.2, 0.25) is 5.91 Å². The average molecular weight is 606 g/mol. The zero-order valence-corrected chi connectivity index (χ0v) is 24.7. The van der Waals surface area contributed by atoms with Gasteiger partial charge in [-0.15, -0.1) is 0 Å². The van der Waals surface area contributed by atoms with E-state index in [9.17, 15) is 24.3 Å². The fraction of sp³-hybridized carbons (Fsp3) is 0.333. The number of nitrogens with two attached hydrogens (primary N) is 1. The number of amides is 3. The van der Waals surface area contributed by atoms with Crippen LogP contribution in [0.3, 0.4) is 0 Å². The van der Waals surface area contributed by atoms with E-state index in [2.05, 4.69) is 5.32 Å². The van der Waals surface area contributed by atoms with Crippen molar-refractivity contribution < 1.29 is 38.5 Å². The Hall–Kier alpha value is -4.90. The van der Waals surface area contributed by atoms with Crippen molar-refractivity contribution in [1.29, 1.82) is 0 Å². The van der Waals surface area contributed by atoms with Crippen LogP contribution >= 0.6 is 0 Å². The van der Waals surface area contributed by atoms with Crippen LogP contribution in [-0.4, -0.2) is 59.3 Å². The van der Waals surface area contributed by atoms with Crippen LogP contribution < -0.4 is 11.1 Å². The number of hydrogen-bond donors (Lipinski definition) is 3. The molecule has 0 spiro atoms. The van der Waals surface area contributed by atoms with Gasteiger partial charge in [0.25, 0.3) is 0 Å². The van der Waals surface area contributed by atoms with Crippen molar-refractivity contribution in [3.05, 3.63) is 102 Å². The summed E-state index contributed by atoms with van der Waals surface area (Å²) >= 11 is 0. The van der Waals surface area contributed by atoms with Crippen LogP contribution in [0.25, 0.3) is 0 Å². The van der Waals surface area contributed by atoms with Gasteiger partial charge in [-0.05, 0) is 61.6 Å². The number of unbranched alkanes of at least 4 members (excludes halogenated alkanes) is 1. The molecule has 3 aromatic carbocycles. The van der Waals surface area contributed by atoms with Gasteiger partial charge in [-0.1, -0.05) is 72.8 Å². The van der Waals surface area contributed by atoms with Crippen LogP contribution in [0.5, 0.6) is 5.75 Å². The summed E-state index contributed by atoms with van der Waals surface area (Å²) in [5.41, 5.74) is 7.68. The van der Waals surface area contributed by atoms with Gasteiger partial charge in [0.05, 0.1) is 6.61 Å². The van der Waals surface area contributed by atoms with Crippen molar-refractivity contribution in [1.82, 2.24) is 10.2 Å². The molecule has 11 heteroatoms. The van der Waals surface area contributed by atoms with Crippen molar-refractivity contribution in [2.75, 3.05) is 13.2 Å². The third-order valence-electron chi connectivity index (χ3n) is 6.61. The maximum absolute atomic E-state index is 13.9. The van der Waals surface area contributed by atoms with Gasteiger partial charge in [0.1, 0.15) is 31.0 Å². The molecule has 0 aliphatic carbocycles. The lowest BCUT2D eigenvalue weighted by Gasteiger charge is -2.29. The molecule has 4 N–H and O–H groups in total. The number of imide groups is 1. The number of rotatable bonds is 15. The molecule has 44 heavy (non-hydrogen) atoms. The van der Waals surface area contributed by atoms with Gasteiger partial charge in [-0.3, -0.25) is 4.79 Å². The molecule has 0 aliphatic heterocycles. The number of phenolic OH excluding ortho intramolecular Hbond substituents is 1. The first-order valence-electron chi connectivity index (χ1n) is 14.5. The predicted octanol–water partition coefficient (Wildman–Crippen LogP) is 4.46. The molecule has 0 saturated heterocycles. The van der Waals surface area contributed by atoms with Crippen LogP contribution in [-0.2, 0) is 43.4 Å².